The summed E-state index contributed by atoms with van der Waals surface area (Å²) in [5, 5.41) is 2.37. The minimum absolute atomic E-state index is 0.955. The Kier molecular flexibility index (Phi) is 4.89. The van der Waals surface area contributed by atoms with Gasteiger partial charge in [0.2, 0.25) is 0 Å². The highest BCUT2D eigenvalue weighted by molar-refractivity contribution is 6.01. The largest absolute Gasteiger partial charge is 0.256 e. The van der Waals surface area contributed by atoms with Crippen LogP contribution in [0.4, 0.5) is 5.69 Å². The summed E-state index contributed by atoms with van der Waals surface area (Å²) < 4.78 is 0. The van der Waals surface area contributed by atoms with Crippen molar-refractivity contribution in [1.29, 1.82) is 0 Å². The van der Waals surface area contributed by atoms with Gasteiger partial charge in [-0.25, -0.2) is 0 Å². The minimum Gasteiger partial charge on any atom is -0.256 e. The molecule has 4 aromatic carbocycles. The molecule has 5 rings (SSSR count). The van der Waals surface area contributed by atoms with Gasteiger partial charge in [0.05, 0.1) is 11.4 Å². The van der Waals surface area contributed by atoms with E-state index in [2.05, 4.69) is 83.8 Å². The average Bonchev–Trinajstić information content (AvgIpc) is 2.83. The van der Waals surface area contributed by atoms with Crippen LogP contribution in [0.25, 0.3) is 33.2 Å². The summed E-state index contributed by atoms with van der Waals surface area (Å²) in [5.74, 6) is 0. The average molecular weight is 384 g/mol. The van der Waals surface area contributed by atoms with E-state index in [0.29, 0.717) is 0 Å². The van der Waals surface area contributed by atoms with Crippen LogP contribution in [0.15, 0.2) is 120 Å². The highest BCUT2D eigenvalue weighted by Crippen LogP contribution is 2.31. The molecule has 1 heterocycles. The van der Waals surface area contributed by atoms with E-state index in [1.165, 1.54) is 10.8 Å². The zero-order valence-electron chi connectivity index (χ0n) is 16.4. The van der Waals surface area contributed by atoms with Crippen LogP contribution in [0.3, 0.4) is 0 Å². The fraction of sp³-hybridized carbons (Fsp3) is 0. The van der Waals surface area contributed by atoms with Crippen molar-refractivity contribution >= 4 is 22.7 Å². The Morgan fingerprint density at radius 3 is 2.27 bits per heavy atom. The summed E-state index contributed by atoms with van der Waals surface area (Å²) in [6.45, 7) is 0. The molecule has 0 aliphatic carbocycles. The lowest BCUT2D eigenvalue weighted by Crippen LogP contribution is -1.89. The first-order chi connectivity index (χ1) is 14.9. The van der Waals surface area contributed by atoms with Crippen molar-refractivity contribution in [1.82, 2.24) is 4.98 Å². The smallest absolute Gasteiger partial charge is 0.0708 e. The maximum absolute atomic E-state index is 4.85. The van der Waals surface area contributed by atoms with Gasteiger partial charge in [0.25, 0.3) is 0 Å². The fourth-order valence-corrected chi connectivity index (χ4v) is 3.73. The van der Waals surface area contributed by atoms with E-state index in [1.807, 2.05) is 42.7 Å². The lowest BCUT2D eigenvalue weighted by atomic mass is 9.98. The van der Waals surface area contributed by atoms with Crippen LogP contribution in [0, 0.1) is 0 Å². The second-order valence-electron chi connectivity index (χ2n) is 7.15. The lowest BCUT2D eigenvalue weighted by Gasteiger charge is -2.09. The van der Waals surface area contributed by atoms with Gasteiger partial charge in [-0.15, -0.1) is 0 Å². The van der Waals surface area contributed by atoms with Crippen molar-refractivity contribution in [3.05, 3.63) is 121 Å². The zero-order chi connectivity index (χ0) is 20.2. The highest BCUT2D eigenvalue weighted by Gasteiger charge is 2.07. The third-order valence-electron chi connectivity index (χ3n) is 5.17. The lowest BCUT2D eigenvalue weighted by molar-refractivity contribution is 1.33. The van der Waals surface area contributed by atoms with Gasteiger partial charge in [-0.3, -0.25) is 9.98 Å². The second kappa shape index (κ2) is 8.14. The molecule has 0 fully saturated rings. The van der Waals surface area contributed by atoms with Gasteiger partial charge in [-0.05, 0) is 52.2 Å². The number of para-hydroxylation sites is 1. The van der Waals surface area contributed by atoms with Crippen LogP contribution in [0.2, 0.25) is 0 Å². The quantitative estimate of drug-likeness (QED) is 0.298. The van der Waals surface area contributed by atoms with Crippen molar-refractivity contribution < 1.29 is 0 Å². The number of pyridine rings is 1. The van der Waals surface area contributed by atoms with Crippen LogP contribution in [-0.4, -0.2) is 11.2 Å². The van der Waals surface area contributed by atoms with E-state index in [1.54, 1.807) is 0 Å². The Morgan fingerprint density at radius 2 is 1.40 bits per heavy atom. The number of fused-ring (bicyclic) bond motifs is 1. The monoisotopic (exact) mass is 384 g/mol. The van der Waals surface area contributed by atoms with E-state index in [4.69, 9.17) is 4.99 Å². The van der Waals surface area contributed by atoms with Gasteiger partial charge >= 0.3 is 0 Å². The first-order valence-corrected chi connectivity index (χ1v) is 10.0. The van der Waals surface area contributed by atoms with Crippen LogP contribution in [0.1, 0.15) is 5.56 Å². The summed E-state index contributed by atoms with van der Waals surface area (Å²) in [6, 6.07) is 37.4. The van der Waals surface area contributed by atoms with E-state index >= 15 is 0 Å². The highest BCUT2D eigenvalue weighted by atomic mass is 14.7. The molecule has 0 unspecified atom stereocenters. The van der Waals surface area contributed by atoms with Crippen molar-refractivity contribution in [2.45, 2.75) is 0 Å². The Bertz CT molecular complexity index is 1320. The fourth-order valence-electron chi connectivity index (χ4n) is 3.73. The summed E-state index contributed by atoms with van der Waals surface area (Å²) in [4.78, 5) is 9.42. The molecule has 0 saturated heterocycles. The number of benzene rings is 4. The summed E-state index contributed by atoms with van der Waals surface area (Å²) in [6.07, 6.45) is 3.78. The third-order valence-corrected chi connectivity index (χ3v) is 5.17. The summed E-state index contributed by atoms with van der Waals surface area (Å²) in [7, 11) is 0. The molecule has 0 N–H and O–H groups in total. The Balaban J connectivity index is 1.60. The summed E-state index contributed by atoms with van der Waals surface area (Å²) in [5.41, 5.74) is 6.38. The van der Waals surface area contributed by atoms with E-state index in [9.17, 15) is 0 Å². The summed E-state index contributed by atoms with van der Waals surface area (Å²) >= 11 is 0. The number of hydrogen-bond acceptors (Lipinski definition) is 2. The number of rotatable bonds is 4. The normalized spacial score (nSPS) is 11.2. The molecule has 0 saturated carbocycles. The third kappa shape index (κ3) is 3.63. The van der Waals surface area contributed by atoms with Gasteiger partial charge in [-0.1, -0.05) is 78.9 Å². The molecule has 0 atom stereocenters. The van der Waals surface area contributed by atoms with E-state index < -0.39 is 0 Å². The first-order valence-electron chi connectivity index (χ1n) is 10.0. The van der Waals surface area contributed by atoms with Gasteiger partial charge < -0.3 is 0 Å². The van der Waals surface area contributed by atoms with Gasteiger partial charge in [0.15, 0.2) is 0 Å². The molecule has 0 spiro atoms. The molecule has 5 aromatic rings. The Labute approximate surface area is 176 Å². The van der Waals surface area contributed by atoms with Gasteiger partial charge in [0.1, 0.15) is 0 Å². The first kappa shape index (κ1) is 18.0. The molecule has 0 amide bonds. The number of nitrogens with zero attached hydrogens (tertiary/aromatic N) is 2. The van der Waals surface area contributed by atoms with Crippen molar-refractivity contribution in [3.8, 4) is 22.4 Å². The molecule has 142 valence electrons. The second-order valence-corrected chi connectivity index (χ2v) is 7.15. The molecular formula is C28H20N2. The van der Waals surface area contributed by atoms with Crippen molar-refractivity contribution in [3.63, 3.8) is 0 Å². The molecule has 0 radical (unpaired) electrons. The van der Waals surface area contributed by atoms with E-state index in [-0.39, 0.29) is 0 Å². The van der Waals surface area contributed by atoms with Crippen LogP contribution in [-0.2, 0) is 0 Å². The van der Waals surface area contributed by atoms with Gasteiger partial charge in [0, 0.05) is 23.5 Å². The molecule has 0 aliphatic heterocycles. The van der Waals surface area contributed by atoms with Crippen molar-refractivity contribution in [2.24, 2.45) is 4.99 Å². The SMILES string of the molecule is C(=Nc1ccccc1-c1ccccc1)c1cc(-c2ccccn2)c2ccccc2c1. The van der Waals surface area contributed by atoms with Crippen LogP contribution in [0.5, 0.6) is 0 Å². The molecule has 0 bridgehead atoms. The molecule has 2 heteroatoms. The topological polar surface area (TPSA) is 25.2 Å². The standard InChI is InChI=1S/C28H20N2/c1-2-10-22(11-3-1)25-14-6-7-15-27(25)30-20-21-18-23-12-4-5-13-24(23)26(19-21)28-16-8-9-17-29-28/h1-20H. The number of aliphatic imine (C=N–C) groups is 1. The predicted molar refractivity (Wildman–Crippen MR) is 126 cm³/mol. The van der Waals surface area contributed by atoms with Crippen LogP contribution < -0.4 is 0 Å². The molecule has 30 heavy (non-hydrogen) atoms. The van der Waals surface area contributed by atoms with Crippen LogP contribution >= 0.6 is 0 Å². The number of hydrogen-bond donors (Lipinski definition) is 0. The molecule has 1 aromatic heterocycles. The maximum atomic E-state index is 4.85. The van der Waals surface area contributed by atoms with Crippen molar-refractivity contribution in [2.75, 3.05) is 0 Å². The number of aromatic nitrogens is 1. The molecule has 0 aliphatic rings. The molecule has 2 nitrogen and oxygen atoms in total. The zero-order valence-corrected chi connectivity index (χ0v) is 16.4. The van der Waals surface area contributed by atoms with Gasteiger partial charge in [-0.2, -0.15) is 0 Å². The minimum atomic E-state index is 0.955. The maximum Gasteiger partial charge on any atom is 0.0708 e. The molecular weight excluding hydrogens is 364 g/mol. The predicted octanol–water partition coefficient (Wildman–Crippen LogP) is 7.32. The Hall–Kier alpha value is -4.04. The van der Waals surface area contributed by atoms with E-state index in [0.717, 1.165) is 33.6 Å². The Morgan fingerprint density at radius 1 is 0.633 bits per heavy atom.